The van der Waals surface area contributed by atoms with E-state index in [-0.39, 0.29) is 5.75 Å². The predicted octanol–water partition coefficient (Wildman–Crippen LogP) is -4.37. The zero-order valence-electron chi connectivity index (χ0n) is 14.9. The zero-order valence-corrected chi connectivity index (χ0v) is 15.8. The van der Waals surface area contributed by atoms with E-state index in [9.17, 15) is 29.1 Å². The smallest absolute Gasteiger partial charge is 0.327 e. The summed E-state index contributed by atoms with van der Waals surface area (Å²) >= 11 is 3.77. The van der Waals surface area contributed by atoms with Gasteiger partial charge in [-0.2, -0.15) is 12.6 Å². The maximum absolute atomic E-state index is 12.3. The Morgan fingerprint density at radius 1 is 0.964 bits per heavy atom. The minimum Gasteiger partial charge on any atom is -0.481 e. The summed E-state index contributed by atoms with van der Waals surface area (Å²) < 4.78 is 0. The van der Waals surface area contributed by atoms with Gasteiger partial charge in [-0.25, -0.2) is 4.79 Å². The number of carbonyl (C=O) groups is 5. The quantitative estimate of drug-likeness (QED) is 0.137. The zero-order chi connectivity index (χ0) is 22.0. The molecular formula is C14H24N4O9S. The summed E-state index contributed by atoms with van der Waals surface area (Å²) in [5.74, 6) is -6.33. The van der Waals surface area contributed by atoms with Crippen LogP contribution < -0.4 is 21.7 Å². The van der Waals surface area contributed by atoms with Crippen LogP contribution in [-0.2, 0) is 24.0 Å². The topological polar surface area (TPSA) is 228 Å². The maximum Gasteiger partial charge on any atom is 0.327 e. The van der Waals surface area contributed by atoms with Crippen LogP contribution in [0.1, 0.15) is 13.3 Å². The van der Waals surface area contributed by atoms with Crippen LogP contribution in [0.4, 0.5) is 0 Å². The van der Waals surface area contributed by atoms with Crippen LogP contribution in [0, 0.1) is 0 Å². The fourth-order valence-corrected chi connectivity index (χ4v) is 2.10. The number of aliphatic hydroxyl groups is 2. The van der Waals surface area contributed by atoms with E-state index in [1.807, 2.05) is 5.32 Å². The molecule has 0 aliphatic carbocycles. The number of carboxylic acid groups (broad SMARTS) is 2. The summed E-state index contributed by atoms with van der Waals surface area (Å²) in [5, 5.41) is 42.5. The number of rotatable bonds is 12. The highest BCUT2D eigenvalue weighted by Crippen LogP contribution is 2.01. The van der Waals surface area contributed by atoms with E-state index >= 15 is 0 Å². The van der Waals surface area contributed by atoms with Crippen LogP contribution in [0.3, 0.4) is 0 Å². The summed E-state index contributed by atoms with van der Waals surface area (Å²) in [5.41, 5.74) is 5.28. The Labute approximate surface area is 165 Å². The molecule has 5 atom stereocenters. The SMILES string of the molecule is CC(O)C(NC(=O)C(CC(=O)O)NC(=O)C(N)CO)C(=O)NC(CS)C(=O)O. The van der Waals surface area contributed by atoms with Gasteiger partial charge in [0, 0.05) is 5.75 Å². The molecule has 0 saturated heterocycles. The lowest BCUT2D eigenvalue weighted by molar-refractivity contribution is -0.143. The van der Waals surface area contributed by atoms with Crippen molar-refractivity contribution in [3.63, 3.8) is 0 Å². The third kappa shape index (κ3) is 8.51. The van der Waals surface area contributed by atoms with Crippen LogP contribution in [0.25, 0.3) is 0 Å². The van der Waals surface area contributed by atoms with Gasteiger partial charge in [0.15, 0.2) is 0 Å². The van der Waals surface area contributed by atoms with E-state index < -0.39 is 73.0 Å². The van der Waals surface area contributed by atoms with Gasteiger partial charge in [-0.1, -0.05) is 0 Å². The Hall–Kier alpha value is -2.42. The molecule has 0 spiro atoms. The van der Waals surface area contributed by atoms with Gasteiger partial charge in [-0.05, 0) is 6.92 Å². The lowest BCUT2D eigenvalue weighted by Crippen LogP contribution is -2.60. The number of aliphatic hydroxyl groups excluding tert-OH is 2. The van der Waals surface area contributed by atoms with Crippen LogP contribution in [0.15, 0.2) is 0 Å². The average molecular weight is 424 g/mol. The molecule has 5 unspecified atom stereocenters. The molecule has 0 radical (unpaired) electrons. The number of nitrogens with one attached hydrogen (secondary N) is 3. The Morgan fingerprint density at radius 2 is 1.50 bits per heavy atom. The van der Waals surface area contributed by atoms with E-state index in [2.05, 4.69) is 23.3 Å². The molecule has 0 heterocycles. The molecule has 0 bridgehead atoms. The molecule has 9 N–H and O–H groups in total. The van der Waals surface area contributed by atoms with Crippen molar-refractivity contribution >= 4 is 42.3 Å². The number of carbonyl (C=O) groups excluding carboxylic acids is 3. The van der Waals surface area contributed by atoms with Crippen molar-refractivity contribution in [1.82, 2.24) is 16.0 Å². The number of hydrogen-bond donors (Lipinski definition) is 9. The van der Waals surface area contributed by atoms with Gasteiger partial charge in [0.1, 0.15) is 24.2 Å². The summed E-state index contributed by atoms with van der Waals surface area (Å²) in [6, 6.07) is -6.12. The molecule has 0 rings (SSSR count). The third-order valence-electron chi connectivity index (χ3n) is 3.40. The standard InChI is InChI=1S/C14H24N4O9S/c1-5(20)10(13(25)17-8(4-28)14(26)27)18-12(24)7(2-9(21)22)16-11(23)6(15)3-19/h5-8,10,19-20,28H,2-4,15H2,1H3,(H,16,23)(H,17,25)(H,18,24)(H,21,22)(H,26,27). The molecule has 13 nitrogen and oxygen atoms in total. The van der Waals surface area contributed by atoms with Crippen LogP contribution in [0.5, 0.6) is 0 Å². The van der Waals surface area contributed by atoms with E-state index in [0.29, 0.717) is 0 Å². The highest BCUT2D eigenvalue weighted by atomic mass is 32.1. The van der Waals surface area contributed by atoms with Crippen LogP contribution in [-0.4, -0.2) is 92.7 Å². The van der Waals surface area contributed by atoms with Gasteiger partial charge in [0.25, 0.3) is 0 Å². The van der Waals surface area contributed by atoms with Crippen molar-refractivity contribution in [2.24, 2.45) is 5.73 Å². The number of hydrogen-bond acceptors (Lipinski definition) is 9. The molecule has 0 aromatic rings. The first kappa shape index (κ1) is 25.6. The minimum absolute atomic E-state index is 0.266. The van der Waals surface area contributed by atoms with Gasteiger partial charge in [0.05, 0.1) is 19.1 Å². The lowest BCUT2D eigenvalue weighted by Gasteiger charge is -2.25. The van der Waals surface area contributed by atoms with Crippen molar-refractivity contribution in [2.75, 3.05) is 12.4 Å². The van der Waals surface area contributed by atoms with Crippen LogP contribution >= 0.6 is 12.6 Å². The molecule has 0 aliphatic rings. The third-order valence-corrected chi connectivity index (χ3v) is 3.77. The first-order valence-corrected chi connectivity index (χ1v) is 8.58. The Kier molecular flexibility index (Phi) is 11.1. The van der Waals surface area contributed by atoms with Gasteiger partial charge in [0.2, 0.25) is 17.7 Å². The molecule has 14 heteroatoms. The molecule has 0 fully saturated rings. The second-order valence-corrected chi connectivity index (χ2v) is 6.12. The van der Waals surface area contributed by atoms with Gasteiger partial charge in [-0.3, -0.25) is 19.2 Å². The van der Waals surface area contributed by atoms with E-state index in [1.165, 1.54) is 0 Å². The molecule has 0 aliphatic heterocycles. The number of carboxylic acids is 2. The summed E-state index contributed by atoms with van der Waals surface area (Å²) in [4.78, 5) is 58.1. The molecule has 28 heavy (non-hydrogen) atoms. The van der Waals surface area contributed by atoms with E-state index in [0.717, 1.165) is 6.92 Å². The second kappa shape index (κ2) is 12.1. The molecule has 160 valence electrons. The monoisotopic (exact) mass is 424 g/mol. The van der Waals surface area contributed by atoms with E-state index in [1.54, 1.807) is 0 Å². The van der Waals surface area contributed by atoms with Crippen LogP contribution in [0.2, 0.25) is 0 Å². The molecule has 0 aromatic heterocycles. The average Bonchev–Trinajstić information content (AvgIpc) is 2.61. The highest BCUT2D eigenvalue weighted by molar-refractivity contribution is 7.80. The Bertz CT molecular complexity index is 601. The van der Waals surface area contributed by atoms with E-state index in [4.69, 9.17) is 21.1 Å². The van der Waals surface area contributed by atoms with Gasteiger partial charge < -0.3 is 42.1 Å². The normalized spacial score (nSPS) is 16.0. The number of aliphatic carboxylic acids is 2. The van der Waals surface area contributed by atoms with Gasteiger partial charge in [-0.15, -0.1) is 0 Å². The maximum atomic E-state index is 12.3. The predicted molar refractivity (Wildman–Crippen MR) is 96.3 cm³/mol. The molecule has 0 aromatic carbocycles. The lowest BCUT2D eigenvalue weighted by atomic mass is 10.1. The molecule has 0 saturated carbocycles. The minimum atomic E-state index is -1.67. The second-order valence-electron chi connectivity index (χ2n) is 5.76. The number of amides is 3. The fraction of sp³-hybridized carbons (Fsp3) is 0.643. The van der Waals surface area contributed by atoms with Crippen molar-refractivity contribution in [2.45, 2.75) is 43.6 Å². The first-order valence-electron chi connectivity index (χ1n) is 7.95. The largest absolute Gasteiger partial charge is 0.481 e. The van der Waals surface area contributed by atoms with Gasteiger partial charge >= 0.3 is 11.9 Å². The number of thiol groups is 1. The summed E-state index contributed by atoms with van der Waals surface area (Å²) in [6.07, 6.45) is -2.36. The highest BCUT2D eigenvalue weighted by Gasteiger charge is 2.33. The Morgan fingerprint density at radius 3 is 1.89 bits per heavy atom. The first-order chi connectivity index (χ1) is 12.9. The fourth-order valence-electron chi connectivity index (χ4n) is 1.85. The van der Waals surface area contributed by atoms with Crippen molar-refractivity contribution in [1.29, 1.82) is 0 Å². The molecular weight excluding hydrogens is 400 g/mol. The Balaban J connectivity index is 5.32. The number of nitrogens with two attached hydrogens (primary N) is 1. The van der Waals surface area contributed by atoms with Crippen molar-refractivity contribution < 1.29 is 44.4 Å². The van der Waals surface area contributed by atoms with Crippen molar-refractivity contribution in [3.8, 4) is 0 Å². The summed E-state index contributed by atoms with van der Waals surface area (Å²) in [7, 11) is 0. The van der Waals surface area contributed by atoms with Crippen molar-refractivity contribution in [3.05, 3.63) is 0 Å². The molecule has 3 amide bonds. The summed E-state index contributed by atoms with van der Waals surface area (Å²) in [6.45, 7) is 0.375.